The molecular formula is C11H26N2. The molecule has 1 N–H and O–H groups in total. The summed E-state index contributed by atoms with van der Waals surface area (Å²) >= 11 is 0. The van der Waals surface area contributed by atoms with E-state index in [4.69, 9.17) is 0 Å². The van der Waals surface area contributed by atoms with E-state index < -0.39 is 0 Å². The molecule has 0 saturated carbocycles. The van der Waals surface area contributed by atoms with Gasteiger partial charge in [0.25, 0.3) is 0 Å². The predicted octanol–water partition coefficient (Wildman–Crippen LogP) is 2.11. The maximum Gasteiger partial charge on any atom is 0.00759 e. The lowest BCUT2D eigenvalue weighted by Gasteiger charge is -2.24. The zero-order valence-electron chi connectivity index (χ0n) is 9.77. The number of nitrogens with zero attached hydrogens (tertiary/aromatic N) is 1. The van der Waals surface area contributed by atoms with Gasteiger partial charge in [0.1, 0.15) is 0 Å². The summed E-state index contributed by atoms with van der Waals surface area (Å²) in [5.74, 6) is 0. The number of rotatable bonds is 8. The van der Waals surface area contributed by atoms with Crippen LogP contribution in [-0.4, -0.2) is 37.6 Å². The summed E-state index contributed by atoms with van der Waals surface area (Å²) in [6, 6.07) is 0.712. The van der Waals surface area contributed by atoms with E-state index in [2.05, 4.69) is 38.0 Å². The highest BCUT2D eigenvalue weighted by Crippen LogP contribution is 2.00. The second kappa shape index (κ2) is 8.52. The van der Waals surface area contributed by atoms with Crippen molar-refractivity contribution in [2.45, 2.75) is 46.1 Å². The van der Waals surface area contributed by atoms with Crippen LogP contribution >= 0.6 is 0 Å². The summed E-state index contributed by atoms with van der Waals surface area (Å²) in [6.45, 7) is 10.3. The molecule has 0 aromatic rings. The molecule has 2 nitrogen and oxygen atoms in total. The summed E-state index contributed by atoms with van der Waals surface area (Å²) in [5, 5.41) is 3.44. The molecular weight excluding hydrogens is 160 g/mol. The van der Waals surface area contributed by atoms with E-state index >= 15 is 0 Å². The molecule has 2 heteroatoms. The van der Waals surface area contributed by atoms with E-state index in [-0.39, 0.29) is 0 Å². The second-order valence-electron chi connectivity index (χ2n) is 3.87. The van der Waals surface area contributed by atoms with Crippen LogP contribution < -0.4 is 5.32 Å². The van der Waals surface area contributed by atoms with E-state index in [9.17, 15) is 0 Å². The van der Waals surface area contributed by atoms with Crippen LogP contribution in [0.25, 0.3) is 0 Å². The van der Waals surface area contributed by atoms with Crippen molar-refractivity contribution in [3.05, 3.63) is 0 Å². The van der Waals surface area contributed by atoms with Gasteiger partial charge in [-0.2, -0.15) is 0 Å². The van der Waals surface area contributed by atoms with Crippen LogP contribution in [0.5, 0.6) is 0 Å². The molecule has 0 aliphatic carbocycles. The summed E-state index contributed by atoms with van der Waals surface area (Å²) in [4.78, 5) is 2.44. The van der Waals surface area contributed by atoms with Gasteiger partial charge >= 0.3 is 0 Å². The van der Waals surface area contributed by atoms with Crippen LogP contribution in [0.3, 0.4) is 0 Å². The van der Waals surface area contributed by atoms with Crippen LogP contribution in [0.4, 0.5) is 0 Å². The standard InChI is InChI=1S/C11H26N2/c1-5-8-12-9-7-11(3)13(4)10-6-2/h11-12H,5-10H2,1-4H3. The molecule has 0 amide bonds. The Hall–Kier alpha value is -0.0800. The van der Waals surface area contributed by atoms with Crippen molar-refractivity contribution in [3.63, 3.8) is 0 Å². The largest absolute Gasteiger partial charge is 0.317 e. The molecule has 0 saturated heterocycles. The van der Waals surface area contributed by atoms with E-state index in [1.807, 2.05) is 0 Å². The minimum Gasteiger partial charge on any atom is -0.317 e. The normalized spacial score (nSPS) is 13.6. The zero-order chi connectivity index (χ0) is 10.1. The molecule has 0 radical (unpaired) electrons. The molecule has 0 fully saturated rings. The highest BCUT2D eigenvalue weighted by atomic mass is 15.1. The number of nitrogens with one attached hydrogen (secondary N) is 1. The van der Waals surface area contributed by atoms with Crippen molar-refractivity contribution in [3.8, 4) is 0 Å². The van der Waals surface area contributed by atoms with Gasteiger partial charge in [0.05, 0.1) is 0 Å². The summed E-state index contributed by atoms with van der Waals surface area (Å²) in [6.07, 6.45) is 3.75. The topological polar surface area (TPSA) is 15.3 Å². The molecule has 0 aromatic heterocycles. The molecule has 0 rings (SSSR count). The number of hydrogen-bond donors (Lipinski definition) is 1. The Bertz CT molecular complexity index is 104. The fourth-order valence-electron chi connectivity index (χ4n) is 1.41. The minimum absolute atomic E-state index is 0.712. The van der Waals surface area contributed by atoms with Crippen LogP contribution in [0, 0.1) is 0 Å². The Labute approximate surface area is 83.7 Å². The zero-order valence-corrected chi connectivity index (χ0v) is 9.77. The average Bonchev–Trinajstić information content (AvgIpc) is 2.12. The monoisotopic (exact) mass is 186 g/mol. The lowest BCUT2D eigenvalue weighted by molar-refractivity contribution is 0.245. The van der Waals surface area contributed by atoms with Gasteiger partial charge in [0, 0.05) is 6.04 Å². The van der Waals surface area contributed by atoms with Gasteiger partial charge in [-0.05, 0) is 52.9 Å². The van der Waals surface area contributed by atoms with Gasteiger partial charge in [0.2, 0.25) is 0 Å². The molecule has 0 aliphatic rings. The quantitative estimate of drug-likeness (QED) is 0.584. The van der Waals surface area contributed by atoms with Gasteiger partial charge in [-0.25, -0.2) is 0 Å². The van der Waals surface area contributed by atoms with E-state index in [0.717, 1.165) is 13.1 Å². The van der Waals surface area contributed by atoms with Gasteiger partial charge in [-0.3, -0.25) is 0 Å². The van der Waals surface area contributed by atoms with Crippen molar-refractivity contribution < 1.29 is 0 Å². The van der Waals surface area contributed by atoms with Crippen LogP contribution in [0.1, 0.15) is 40.0 Å². The van der Waals surface area contributed by atoms with E-state index in [0.29, 0.717) is 6.04 Å². The predicted molar refractivity (Wildman–Crippen MR) is 60.2 cm³/mol. The highest BCUT2D eigenvalue weighted by Gasteiger charge is 2.06. The molecule has 1 unspecified atom stereocenters. The fraction of sp³-hybridized carbons (Fsp3) is 1.00. The molecule has 1 atom stereocenters. The van der Waals surface area contributed by atoms with Crippen LogP contribution in [0.15, 0.2) is 0 Å². The summed E-state index contributed by atoms with van der Waals surface area (Å²) in [7, 11) is 2.22. The van der Waals surface area contributed by atoms with Gasteiger partial charge < -0.3 is 10.2 Å². The Balaban J connectivity index is 3.32. The second-order valence-corrected chi connectivity index (χ2v) is 3.87. The van der Waals surface area contributed by atoms with Crippen molar-refractivity contribution in [2.75, 3.05) is 26.7 Å². The average molecular weight is 186 g/mol. The third-order valence-corrected chi connectivity index (χ3v) is 2.49. The molecule has 0 bridgehead atoms. The molecule has 13 heavy (non-hydrogen) atoms. The maximum absolute atomic E-state index is 3.44. The third-order valence-electron chi connectivity index (χ3n) is 2.49. The SMILES string of the molecule is CCCNCCC(C)N(C)CCC. The minimum atomic E-state index is 0.712. The smallest absolute Gasteiger partial charge is 0.00759 e. The third kappa shape index (κ3) is 7.03. The summed E-state index contributed by atoms with van der Waals surface area (Å²) in [5.41, 5.74) is 0. The Kier molecular flexibility index (Phi) is 8.46. The van der Waals surface area contributed by atoms with Crippen molar-refractivity contribution in [1.82, 2.24) is 10.2 Å². The number of hydrogen-bond acceptors (Lipinski definition) is 2. The van der Waals surface area contributed by atoms with E-state index in [1.165, 1.54) is 25.8 Å². The van der Waals surface area contributed by atoms with Crippen LogP contribution in [-0.2, 0) is 0 Å². The molecule has 0 aromatic carbocycles. The first-order valence-corrected chi connectivity index (χ1v) is 5.63. The van der Waals surface area contributed by atoms with Crippen molar-refractivity contribution in [2.24, 2.45) is 0 Å². The maximum atomic E-state index is 3.44. The lowest BCUT2D eigenvalue weighted by atomic mass is 10.2. The Morgan fingerprint density at radius 1 is 1.15 bits per heavy atom. The van der Waals surface area contributed by atoms with Crippen molar-refractivity contribution >= 4 is 0 Å². The van der Waals surface area contributed by atoms with Gasteiger partial charge in [0.15, 0.2) is 0 Å². The first-order chi connectivity index (χ1) is 6.22. The molecule has 0 spiro atoms. The first kappa shape index (κ1) is 12.9. The Morgan fingerprint density at radius 3 is 2.38 bits per heavy atom. The van der Waals surface area contributed by atoms with Gasteiger partial charge in [-0.15, -0.1) is 0 Å². The first-order valence-electron chi connectivity index (χ1n) is 5.63. The lowest BCUT2D eigenvalue weighted by Crippen LogP contribution is -2.32. The molecule has 0 heterocycles. The van der Waals surface area contributed by atoms with Gasteiger partial charge in [-0.1, -0.05) is 13.8 Å². The van der Waals surface area contributed by atoms with Crippen LogP contribution in [0.2, 0.25) is 0 Å². The summed E-state index contributed by atoms with van der Waals surface area (Å²) < 4.78 is 0. The fourth-order valence-corrected chi connectivity index (χ4v) is 1.41. The van der Waals surface area contributed by atoms with E-state index in [1.54, 1.807) is 0 Å². The molecule has 0 aliphatic heterocycles. The highest BCUT2D eigenvalue weighted by molar-refractivity contribution is 4.63. The van der Waals surface area contributed by atoms with Crippen molar-refractivity contribution in [1.29, 1.82) is 0 Å². The Morgan fingerprint density at radius 2 is 1.85 bits per heavy atom. The molecule has 80 valence electrons.